The Bertz CT molecular complexity index is 673. The van der Waals surface area contributed by atoms with Gasteiger partial charge in [0.2, 0.25) is 11.6 Å². The van der Waals surface area contributed by atoms with E-state index in [1.807, 2.05) is 14.7 Å². The average molecular weight is 334 g/mol. The van der Waals surface area contributed by atoms with E-state index in [9.17, 15) is 19.2 Å². The van der Waals surface area contributed by atoms with Gasteiger partial charge in [0.1, 0.15) is 11.4 Å². The molecular formula is C14H18N6O4. The van der Waals surface area contributed by atoms with Gasteiger partial charge in [0.05, 0.1) is 5.70 Å². The van der Waals surface area contributed by atoms with Crippen molar-refractivity contribution in [3.8, 4) is 0 Å². The third-order valence-electron chi connectivity index (χ3n) is 3.73. The summed E-state index contributed by atoms with van der Waals surface area (Å²) in [6.45, 7) is 5.41. The van der Waals surface area contributed by atoms with Crippen LogP contribution in [0, 0.1) is 0 Å². The van der Waals surface area contributed by atoms with E-state index >= 15 is 0 Å². The smallest absolute Gasteiger partial charge is 0.320 e. The van der Waals surface area contributed by atoms with Crippen LogP contribution in [0.2, 0.25) is 0 Å². The standard InChI is InChI=1S/C12H13N3O2.C2H5N3O2/c16-9-7-8(13-1-2-13)12(17)11(15-5-6-15)10(9)14-3-4-14;3-1(6)5-2(4)7/h7H,1-6H2;(H5,3,4,5,6,7). The van der Waals surface area contributed by atoms with Crippen molar-refractivity contribution in [3.05, 3.63) is 23.2 Å². The maximum atomic E-state index is 12.4. The van der Waals surface area contributed by atoms with Crippen LogP contribution in [0.3, 0.4) is 0 Å². The van der Waals surface area contributed by atoms with Gasteiger partial charge in [0.25, 0.3) is 0 Å². The van der Waals surface area contributed by atoms with E-state index in [-0.39, 0.29) is 11.6 Å². The Hall–Kier alpha value is -3.04. The molecule has 128 valence electrons. The van der Waals surface area contributed by atoms with Crippen LogP contribution in [0.1, 0.15) is 0 Å². The molecule has 0 bridgehead atoms. The van der Waals surface area contributed by atoms with Gasteiger partial charge >= 0.3 is 12.1 Å². The van der Waals surface area contributed by atoms with Crippen molar-refractivity contribution in [1.29, 1.82) is 0 Å². The minimum Gasteiger partial charge on any atom is -0.365 e. The number of nitrogens with zero attached hydrogens (tertiary/aromatic N) is 3. The van der Waals surface area contributed by atoms with Gasteiger partial charge in [-0.3, -0.25) is 14.9 Å². The predicted molar refractivity (Wildman–Crippen MR) is 82.1 cm³/mol. The Balaban J connectivity index is 0.000000209. The van der Waals surface area contributed by atoms with Gasteiger partial charge < -0.3 is 26.2 Å². The molecule has 3 aliphatic heterocycles. The van der Waals surface area contributed by atoms with Gasteiger partial charge in [-0.25, -0.2) is 9.59 Å². The minimum atomic E-state index is -0.938. The summed E-state index contributed by atoms with van der Waals surface area (Å²) in [6.07, 6.45) is 1.52. The molecule has 4 aliphatic rings. The van der Waals surface area contributed by atoms with Crippen LogP contribution in [0.4, 0.5) is 9.59 Å². The molecule has 0 radical (unpaired) electrons. The number of carbonyl (C=O) groups is 4. The number of rotatable bonds is 3. The molecule has 0 saturated carbocycles. The van der Waals surface area contributed by atoms with Crippen LogP contribution in [-0.4, -0.2) is 77.6 Å². The van der Waals surface area contributed by atoms with E-state index in [1.165, 1.54) is 6.08 Å². The first-order valence-corrected chi connectivity index (χ1v) is 7.54. The lowest BCUT2D eigenvalue weighted by Crippen LogP contribution is -2.38. The lowest BCUT2D eigenvalue weighted by molar-refractivity contribution is -0.117. The Kier molecular flexibility index (Phi) is 3.87. The highest BCUT2D eigenvalue weighted by molar-refractivity contribution is 6.22. The van der Waals surface area contributed by atoms with Crippen LogP contribution in [0.15, 0.2) is 23.2 Å². The van der Waals surface area contributed by atoms with Crippen molar-refractivity contribution in [2.75, 3.05) is 39.3 Å². The van der Waals surface area contributed by atoms with Crippen molar-refractivity contribution in [2.45, 2.75) is 0 Å². The van der Waals surface area contributed by atoms with Gasteiger partial charge in [-0.1, -0.05) is 0 Å². The highest BCUT2D eigenvalue weighted by Gasteiger charge is 2.43. The third-order valence-corrected chi connectivity index (χ3v) is 3.73. The summed E-state index contributed by atoms with van der Waals surface area (Å²) in [6, 6.07) is -1.88. The molecule has 4 rings (SSSR count). The zero-order valence-electron chi connectivity index (χ0n) is 12.9. The summed E-state index contributed by atoms with van der Waals surface area (Å²) in [5.41, 5.74) is 10.8. The monoisotopic (exact) mass is 334 g/mol. The van der Waals surface area contributed by atoms with Crippen LogP contribution in [-0.2, 0) is 9.59 Å². The van der Waals surface area contributed by atoms with E-state index < -0.39 is 12.1 Å². The van der Waals surface area contributed by atoms with E-state index in [4.69, 9.17) is 0 Å². The largest absolute Gasteiger partial charge is 0.365 e. The van der Waals surface area contributed by atoms with Gasteiger partial charge in [0.15, 0.2) is 0 Å². The molecule has 10 heteroatoms. The number of hydrogen-bond acceptors (Lipinski definition) is 7. The summed E-state index contributed by atoms with van der Waals surface area (Å²) in [7, 11) is 0. The number of allylic oxidation sites excluding steroid dienone is 1. The predicted octanol–water partition coefficient (Wildman–Crippen LogP) is -2.09. The summed E-state index contributed by atoms with van der Waals surface area (Å²) in [5.74, 6) is 0.0485. The molecule has 0 aromatic carbocycles. The number of urea groups is 2. The number of amides is 4. The third kappa shape index (κ3) is 3.47. The molecule has 5 N–H and O–H groups in total. The molecule has 0 spiro atoms. The van der Waals surface area contributed by atoms with Crippen molar-refractivity contribution < 1.29 is 19.2 Å². The zero-order chi connectivity index (χ0) is 17.4. The second-order valence-corrected chi connectivity index (χ2v) is 5.73. The first kappa shape index (κ1) is 15.8. The first-order chi connectivity index (χ1) is 11.4. The molecule has 0 aromatic rings. The van der Waals surface area contributed by atoms with Crippen molar-refractivity contribution in [2.24, 2.45) is 11.5 Å². The minimum absolute atomic E-state index is 0.00546. The Morgan fingerprint density at radius 3 is 1.67 bits per heavy atom. The number of primary amides is 2. The van der Waals surface area contributed by atoms with Crippen molar-refractivity contribution >= 4 is 23.6 Å². The maximum Gasteiger partial charge on any atom is 0.320 e. The fourth-order valence-electron chi connectivity index (χ4n) is 2.40. The Morgan fingerprint density at radius 2 is 1.29 bits per heavy atom. The number of nitrogens with one attached hydrogen (secondary N) is 1. The molecule has 24 heavy (non-hydrogen) atoms. The molecule has 4 amide bonds. The number of hydrogen-bond donors (Lipinski definition) is 3. The number of nitrogens with two attached hydrogens (primary N) is 2. The maximum absolute atomic E-state index is 12.4. The van der Waals surface area contributed by atoms with Crippen molar-refractivity contribution in [1.82, 2.24) is 20.0 Å². The summed E-state index contributed by atoms with van der Waals surface area (Å²) in [5, 5.41) is 1.58. The highest BCUT2D eigenvalue weighted by atomic mass is 16.2. The van der Waals surface area contributed by atoms with E-state index in [1.54, 1.807) is 5.32 Å². The van der Waals surface area contributed by atoms with Gasteiger partial charge in [0, 0.05) is 45.3 Å². The van der Waals surface area contributed by atoms with Crippen molar-refractivity contribution in [3.63, 3.8) is 0 Å². The van der Waals surface area contributed by atoms with Gasteiger partial charge in [-0.15, -0.1) is 0 Å². The molecule has 3 heterocycles. The van der Waals surface area contributed by atoms with Crippen LogP contribution in [0.5, 0.6) is 0 Å². The SMILES string of the molecule is NC(=O)NC(N)=O.O=C1C=C(N2CC2)C(=O)C(N2CC2)=C1N1CC1. The summed E-state index contributed by atoms with van der Waals surface area (Å²) >= 11 is 0. The second kappa shape index (κ2) is 5.87. The van der Waals surface area contributed by atoms with E-state index in [2.05, 4.69) is 11.5 Å². The molecular weight excluding hydrogens is 316 g/mol. The summed E-state index contributed by atoms with van der Waals surface area (Å²) < 4.78 is 0. The molecule has 0 aromatic heterocycles. The lowest BCUT2D eigenvalue weighted by Gasteiger charge is -2.21. The van der Waals surface area contributed by atoms with Gasteiger partial charge in [-0.05, 0) is 0 Å². The number of Topliss-reactive ketones (excluding diaryl/α,β-unsaturated/α-hetero) is 1. The number of carbonyl (C=O) groups excluding carboxylic acids is 4. The second-order valence-electron chi connectivity index (χ2n) is 5.73. The van der Waals surface area contributed by atoms with Crippen LogP contribution < -0.4 is 16.8 Å². The average Bonchev–Trinajstić information content (AvgIpc) is 3.36. The summed E-state index contributed by atoms with van der Waals surface area (Å²) in [4.78, 5) is 49.7. The highest BCUT2D eigenvalue weighted by Crippen LogP contribution is 2.33. The van der Waals surface area contributed by atoms with E-state index in [0.29, 0.717) is 17.1 Å². The molecule has 0 atom stereocenters. The number of ketones is 2. The first-order valence-electron chi connectivity index (χ1n) is 7.54. The lowest BCUT2D eigenvalue weighted by atomic mass is 10.0. The number of imide groups is 1. The fraction of sp³-hybridized carbons (Fsp3) is 0.429. The topological polar surface area (TPSA) is 141 Å². The van der Waals surface area contributed by atoms with E-state index in [0.717, 1.165) is 39.3 Å². The normalized spacial score (nSPS) is 21.0. The molecule has 1 aliphatic carbocycles. The quantitative estimate of drug-likeness (QED) is 0.397. The van der Waals surface area contributed by atoms with Crippen LogP contribution >= 0.6 is 0 Å². The van der Waals surface area contributed by atoms with Crippen LogP contribution in [0.25, 0.3) is 0 Å². The molecule has 0 unspecified atom stereocenters. The fourth-order valence-corrected chi connectivity index (χ4v) is 2.40. The molecule has 3 fully saturated rings. The molecule has 10 nitrogen and oxygen atoms in total. The Morgan fingerprint density at radius 1 is 0.833 bits per heavy atom. The molecule has 3 saturated heterocycles. The zero-order valence-corrected chi connectivity index (χ0v) is 12.9. The Labute approximate surface area is 137 Å². The van der Waals surface area contributed by atoms with Gasteiger partial charge in [-0.2, -0.15) is 0 Å².